The first kappa shape index (κ1) is 11.6. The Morgan fingerprint density at radius 1 is 1.56 bits per heavy atom. The lowest BCUT2D eigenvalue weighted by molar-refractivity contribution is 0.354. The molecule has 0 bridgehead atoms. The van der Waals surface area contributed by atoms with Crippen molar-refractivity contribution in [2.75, 3.05) is 7.05 Å². The van der Waals surface area contributed by atoms with Crippen molar-refractivity contribution in [2.45, 2.75) is 52.0 Å². The molecule has 1 aromatic rings. The van der Waals surface area contributed by atoms with Gasteiger partial charge in [-0.2, -0.15) is 4.98 Å². The van der Waals surface area contributed by atoms with Gasteiger partial charge < -0.3 is 9.84 Å². The number of aromatic nitrogens is 2. The van der Waals surface area contributed by atoms with Gasteiger partial charge in [0.15, 0.2) is 5.82 Å². The molecule has 4 nitrogen and oxygen atoms in total. The average molecular weight is 223 g/mol. The molecule has 0 spiro atoms. The van der Waals surface area contributed by atoms with E-state index in [4.69, 9.17) is 4.52 Å². The molecule has 1 aromatic heterocycles. The summed E-state index contributed by atoms with van der Waals surface area (Å²) in [5.41, 5.74) is 0.369. The maximum Gasteiger partial charge on any atom is 0.228 e. The molecule has 0 aliphatic heterocycles. The van der Waals surface area contributed by atoms with E-state index in [1.807, 2.05) is 7.05 Å². The summed E-state index contributed by atoms with van der Waals surface area (Å²) >= 11 is 0. The third-order valence-electron chi connectivity index (χ3n) is 3.63. The monoisotopic (exact) mass is 223 g/mol. The van der Waals surface area contributed by atoms with Gasteiger partial charge in [0, 0.05) is 18.4 Å². The fraction of sp³-hybridized carbons (Fsp3) is 0.833. The Labute approximate surface area is 96.8 Å². The van der Waals surface area contributed by atoms with Crippen molar-refractivity contribution in [2.24, 2.45) is 5.41 Å². The Balaban J connectivity index is 1.98. The predicted octanol–water partition coefficient (Wildman–Crippen LogP) is 2.12. The molecular formula is C12H21N3O. The zero-order chi connectivity index (χ0) is 11.8. The third-order valence-corrected chi connectivity index (χ3v) is 3.63. The second-order valence-electron chi connectivity index (χ2n) is 5.39. The van der Waals surface area contributed by atoms with E-state index in [0.717, 1.165) is 24.6 Å². The number of rotatable bonds is 5. The average Bonchev–Trinajstić information content (AvgIpc) is 2.71. The molecule has 2 rings (SSSR count). The van der Waals surface area contributed by atoms with Crippen molar-refractivity contribution in [3.8, 4) is 0 Å². The molecule has 2 atom stereocenters. The van der Waals surface area contributed by atoms with Crippen LogP contribution in [0, 0.1) is 5.41 Å². The Bertz CT molecular complexity index is 355. The fourth-order valence-corrected chi connectivity index (χ4v) is 2.06. The fourth-order valence-electron chi connectivity index (χ4n) is 2.06. The van der Waals surface area contributed by atoms with Gasteiger partial charge >= 0.3 is 0 Å². The highest BCUT2D eigenvalue weighted by Crippen LogP contribution is 2.57. The standard InChI is InChI=1S/C12H21N3O/c1-5-8(13-4)6-10-14-11(15-16-10)9-7-12(9,2)3/h8-9,13H,5-7H2,1-4H3. The van der Waals surface area contributed by atoms with Gasteiger partial charge in [0.2, 0.25) is 5.89 Å². The molecule has 0 aromatic carbocycles. The maximum atomic E-state index is 5.29. The van der Waals surface area contributed by atoms with Crippen LogP contribution >= 0.6 is 0 Å². The van der Waals surface area contributed by atoms with Crippen LogP contribution in [0.15, 0.2) is 4.52 Å². The quantitative estimate of drug-likeness (QED) is 0.830. The molecule has 0 amide bonds. The van der Waals surface area contributed by atoms with Crippen molar-refractivity contribution in [1.29, 1.82) is 0 Å². The summed E-state index contributed by atoms with van der Waals surface area (Å²) in [6.45, 7) is 6.65. The lowest BCUT2D eigenvalue weighted by atomic mass is 10.1. The van der Waals surface area contributed by atoms with Gasteiger partial charge in [-0.05, 0) is 25.3 Å². The van der Waals surface area contributed by atoms with E-state index in [1.54, 1.807) is 0 Å². The summed E-state index contributed by atoms with van der Waals surface area (Å²) in [7, 11) is 1.97. The summed E-state index contributed by atoms with van der Waals surface area (Å²) in [5, 5.41) is 7.32. The van der Waals surface area contributed by atoms with E-state index in [9.17, 15) is 0 Å². The molecule has 1 saturated carbocycles. The Hall–Kier alpha value is -0.900. The minimum Gasteiger partial charge on any atom is -0.339 e. The van der Waals surface area contributed by atoms with E-state index in [2.05, 4.69) is 36.2 Å². The molecule has 1 N–H and O–H groups in total. The molecular weight excluding hydrogens is 202 g/mol. The van der Waals surface area contributed by atoms with Crippen LogP contribution in [0.25, 0.3) is 0 Å². The van der Waals surface area contributed by atoms with Gasteiger partial charge in [-0.15, -0.1) is 0 Å². The Kier molecular flexibility index (Phi) is 3.02. The van der Waals surface area contributed by atoms with Crippen molar-refractivity contribution in [1.82, 2.24) is 15.5 Å². The lowest BCUT2D eigenvalue weighted by Crippen LogP contribution is -2.26. The second-order valence-corrected chi connectivity index (χ2v) is 5.39. The summed E-state index contributed by atoms with van der Waals surface area (Å²) in [5.74, 6) is 2.16. The van der Waals surface area contributed by atoms with E-state index in [0.29, 0.717) is 17.4 Å². The van der Waals surface area contributed by atoms with Crippen LogP contribution in [-0.4, -0.2) is 23.2 Å². The first-order valence-corrected chi connectivity index (χ1v) is 6.06. The third kappa shape index (κ3) is 2.26. The van der Waals surface area contributed by atoms with Crippen LogP contribution in [0.5, 0.6) is 0 Å². The summed E-state index contributed by atoms with van der Waals surface area (Å²) in [6.07, 6.45) is 3.07. The van der Waals surface area contributed by atoms with Crippen LogP contribution in [-0.2, 0) is 6.42 Å². The number of nitrogens with zero attached hydrogens (tertiary/aromatic N) is 2. The predicted molar refractivity (Wildman–Crippen MR) is 62.3 cm³/mol. The summed E-state index contributed by atoms with van der Waals surface area (Å²) in [6, 6.07) is 0.431. The number of hydrogen-bond acceptors (Lipinski definition) is 4. The second kappa shape index (κ2) is 4.17. The van der Waals surface area contributed by atoms with Crippen LogP contribution in [0.2, 0.25) is 0 Å². The van der Waals surface area contributed by atoms with Crippen LogP contribution in [0.3, 0.4) is 0 Å². The summed E-state index contributed by atoms with van der Waals surface area (Å²) < 4.78 is 5.29. The minimum atomic E-state index is 0.369. The van der Waals surface area contributed by atoms with Crippen molar-refractivity contribution < 1.29 is 4.52 Å². The van der Waals surface area contributed by atoms with E-state index in [-0.39, 0.29) is 0 Å². The molecule has 2 unspecified atom stereocenters. The SMILES string of the molecule is CCC(Cc1nc(C2CC2(C)C)no1)NC. The smallest absolute Gasteiger partial charge is 0.228 e. The van der Waals surface area contributed by atoms with Gasteiger partial charge in [-0.1, -0.05) is 25.9 Å². The van der Waals surface area contributed by atoms with Crippen LogP contribution < -0.4 is 5.32 Å². The van der Waals surface area contributed by atoms with E-state index >= 15 is 0 Å². The molecule has 1 heterocycles. The molecule has 4 heteroatoms. The molecule has 1 fully saturated rings. The first-order valence-electron chi connectivity index (χ1n) is 6.06. The zero-order valence-electron chi connectivity index (χ0n) is 10.6. The van der Waals surface area contributed by atoms with Gasteiger partial charge in [-0.3, -0.25) is 0 Å². The van der Waals surface area contributed by atoms with Crippen molar-refractivity contribution in [3.63, 3.8) is 0 Å². The number of hydrogen-bond donors (Lipinski definition) is 1. The van der Waals surface area contributed by atoms with Crippen LogP contribution in [0.1, 0.15) is 51.2 Å². The van der Waals surface area contributed by atoms with Gasteiger partial charge in [-0.25, -0.2) is 0 Å². The largest absolute Gasteiger partial charge is 0.339 e. The number of nitrogens with one attached hydrogen (secondary N) is 1. The first-order chi connectivity index (χ1) is 7.56. The normalized spacial score (nSPS) is 24.4. The highest BCUT2D eigenvalue weighted by atomic mass is 16.5. The van der Waals surface area contributed by atoms with Gasteiger partial charge in [0.05, 0.1) is 0 Å². The Morgan fingerprint density at radius 3 is 2.75 bits per heavy atom. The molecule has 1 aliphatic carbocycles. The lowest BCUT2D eigenvalue weighted by Gasteiger charge is -2.09. The molecule has 16 heavy (non-hydrogen) atoms. The van der Waals surface area contributed by atoms with E-state index in [1.165, 1.54) is 6.42 Å². The molecule has 0 radical (unpaired) electrons. The number of likely N-dealkylation sites (N-methyl/N-ethyl adjacent to an activating group) is 1. The molecule has 90 valence electrons. The summed E-state index contributed by atoms with van der Waals surface area (Å²) in [4.78, 5) is 4.49. The van der Waals surface area contributed by atoms with Gasteiger partial charge in [0.1, 0.15) is 0 Å². The maximum absolute atomic E-state index is 5.29. The minimum absolute atomic E-state index is 0.369. The zero-order valence-corrected chi connectivity index (χ0v) is 10.6. The Morgan fingerprint density at radius 2 is 2.25 bits per heavy atom. The highest BCUT2D eigenvalue weighted by Gasteiger charge is 2.49. The van der Waals surface area contributed by atoms with E-state index < -0.39 is 0 Å². The van der Waals surface area contributed by atoms with Crippen molar-refractivity contribution >= 4 is 0 Å². The van der Waals surface area contributed by atoms with Crippen molar-refractivity contribution in [3.05, 3.63) is 11.7 Å². The highest BCUT2D eigenvalue weighted by molar-refractivity contribution is 5.14. The molecule has 0 saturated heterocycles. The topological polar surface area (TPSA) is 51.0 Å². The molecule has 1 aliphatic rings. The van der Waals surface area contributed by atoms with Crippen LogP contribution in [0.4, 0.5) is 0 Å². The van der Waals surface area contributed by atoms with Gasteiger partial charge in [0.25, 0.3) is 0 Å².